The minimum Gasteiger partial charge on any atom is -0.361 e. The molecule has 0 saturated carbocycles. The van der Waals surface area contributed by atoms with Crippen molar-refractivity contribution in [1.82, 2.24) is 9.55 Å². The topological polar surface area (TPSA) is 27.1 Å². The zero-order chi connectivity index (χ0) is 15.5. The molecule has 0 fully saturated rings. The molecule has 1 aromatic heterocycles. The Bertz CT molecular complexity index is 593. The molecule has 0 spiro atoms. The number of hydrogen-bond donors (Lipinski definition) is 0. The van der Waals surface area contributed by atoms with Crippen molar-refractivity contribution >= 4 is 24.0 Å². The van der Waals surface area contributed by atoms with Crippen LogP contribution in [0.15, 0.2) is 35.1 Å². The van der Waals surface area contributed by atoms with Gasteiger partial charge in [-0.1, -0.05) is 19.6 Å². The zero-order valence-corrected chi connectivity index (χ0v) is 15.2. The Morgan fingerprint density at radius 2 is 1.90 bits per heavy atom. The van der Waals surface area contributed by atoms with E-state index >= 15 is 0 Å². The van der Waals surface area contributed by atoms with Gasteiger partial charge in [0.25, 0.3) is 0 Å². The van der Waals surface area contributed by atoms with Gasteiger partial charge in [-0.05, 0) is 46.2 Å². The lowest BCUT2D eigenvalue weighted by molar-refractivity contribution is 0.0869. The molecule has 0 N–H and O–H groups in total. The second kappa shape index (κ2) is 6.85. The summed E-state index contributed by atoms with van der Waals surface area (Å²) in [6.45, 7) is 8.18. The monoisotopic (exact) mass is 370 g/mol. The summed E-state index contributed by atoms with van der Waals surface area (Å²) in [7, 11) is -1.08. The van der Waals surface area contributed by atoms with Gasteiger partial charge in [-0.25, -0.2) is 9.37 Å². The first-order valence-electron chi connectivity index (χ1n) is 6.91. The van der Waals surface area contributed by atoms with E-state index in [9.17, 15) is 4.39 Å². The van der Waals surface area contributed by atoms with Crippen molar-refractivity contribution in [3.05, 3.63) is 40.9 Å². The van der Waals surface area contributed by atoms with Gasteiger partial charge in [-0.2, -0.15) is 0 Å². The van der Waals surface area contributed by atoms with Crippen LogP contribution in [-0.4, -0.2) is 24.2 Å². The highest BCUT2D eigenvalue weighted by Gasteiger charge is 2.14. The van der Waals surface area contributed by atoms with Gasteiger partial charge >= 0.3 is 0 Å². The van der Waals surface area contributed by atoms with Gasteiger partial charge in [-0.3, -0.25) is 4.57 Å². The van der Waals surface area contributed by atoms with Crippen molar-refractivity contribution < 1.29 is 9.13 Å². The van der Waals surface area contributed by atoms with Gasteiger partial charge in [0.05, 0.1) is 6.20 Å². The Morgan fingerprint density at radius 1 is 1.24 bits per heavy atom. The number of aromatic nitrogens is 2. The molecule has 2 rings (SSSR count). The van der Waals surface area contributed by atoms with E-state index in [1.807, 2.05) is 4.57 Å². The molecule has 0 radical (unpaired) electrons. The van der Waals surface area contributed by atoms with E-state index in [2.05, 4.69) is 40.6 Å². The third-order valence-corrected chi connectivity index (χ3v) is 5.46. The Labute approximate surface area is 134 Å². The van der Waals surface area contributed by atoms with Crippen LogP contribution in [0.2, 0.25) is 25.7 Å². The molecule has 0 aliphatic rings. The maximum atomic E-state index is 13.0. The summed E-state index contributed by atoms with van der Waals surface area (Å²) in [5.41, 5.74) is 0.871. The lowest BCUT2D eigenvalue weighted by Crippen LogP contribution is -2.22. The number of benzene rings is 1. The van der Waals surface area contributed by atoms with Crippen molar-refractivity contribution in [2.75, 3.05) is 6.61 Å². The molecule has 0 saturated heterocycles. The molecule has 0 aliphatic heterocycles. The van der Waals surface area contributed by atoms with Crippen molar-refractivity contribution in [3.8, 4) is 11.4 Å². The molecular weight excluding hydrogens is 351 g/mol. The van der Waals surface area contributed by atoms with E-state index in [1.165, 1.54) is 12.1 Å². The largest absolute Gasteiger partial charge is 0.361 e. The fourth-order valence-electron chi connectivity index (χ4n) is 1.84. The van der Waals surface area contributed by atoms with E-state index < -0.39 is 8.07 Å². The van der Waals surface area contributed by atoms with Crippen molar-refractivity contribution in [3.63, 3.8) is 0 Å². The zero-order valence-electron chi connectivity index (χ0n) is 12.6. The highest BCUT2D eigenvalue weighted by atomic mass is 79.9. The van der Waals surface area contributed by atoms with Crippen LogP contribution in [0.4, 0.5) is 4.39 Å². The smallest absolute Gasteiger partial charge is 0.142 e. The summed E-state index contributed by atoms with van der Waals surface area (Å²) in [4.78, 5) is 4.37. The molecule has 6 heteroatoms. The molecule has 21 heavy (non-hydrogen) atoms. The SMILES string of the molecule is C[Si](C)(C)CCOCn1c(Br)cnc1-c1ccc(F)cc1. The van der Waals surface area contributed by atoms with E-state index in [0.717, 1.165) is 28.6 Å². The van der Waals surface area contributed by atoms with E-state index in [-0.39, 0.29) is 5.82 Å². The van der Waals surface area contributed by atoms with Crippen LogP contribution in [0.3, 0.4) is 0 Å². The first-order chi connectivity index (χ1) is 9.87. The normalized spacial score (nSPS) is 11.9. The fourth-order valence-corrected chi connectivity index (χ4v) is 2.97. The van der Waals surface area contributed by atoms with E-state index in [4.69, 9.17) is 4.74 Å². The van der Waals surface area contributed by atoms with E-state index in [0.29, 0.717) is 6.73 Å². The summed E-state index contributed by atoms with van der Waals surface area (Å²) in [6.07, 6.45) is 1.74. The predicted molar refractivity (Wildman–Crippen MR) is 89.4 cm³/mol. The van der Waals surface area contributed by atoms with Crippen LogP contribution in [0.1, 0.15) is 0 Å². The van der Waals surface area contributed by atoms with Crippen LogP contribution in [0, 0.1) is 5.82 Å². The average molecular weight is 371 g/mol. The highest BCUT2D eigenvalue weighted by Crippen LogP contribution is 2.23. The first kappa shape index (κ1) is 16.4. The van der Waals surface area contributed by atoms with Crippen LogP contribution in [0.25, 0.3) is 11.4 Å². The van der Waals surface area contributed by atoms with Gasteiger partial charge in [0, 0.05) is 20.2 Å². The van der Waals surface area contributed by atoms with Crippen molar-refractivity contribution in [2.24, 2.45) is 0 Å². The van der Waals surface area contributed by atoms with Gasteiger partial charge in [0.2, 0.25) is 0 Å². The number of ether oxygens (including phenoxy) is 1. The quantitative estimate of drug-likeness (QED) is 0.541. The van der Waals surface area contributed by atoms with Crippen LogP contribution >= 0.6 is 15.9 Å². The molecule has 2 aromatic rings. The minimum atomic E-state index is -1.08. The number of hydrogen-bond acceptors (Lipinski definition) is 2. The second-order valence-corrected chi connectivity index (χ2v) is 12.6. The Morgan fingerprint density at radius 3 is 2.52 bits per heavy atom. The number of nitrogens with zero attached hydrogens (tertiary/aromatic N) is 2. The summed E-state index contributed by atoms with van der Waals surface area (Å²) >= 11 is 3.48. The molecule has 3 nitrogen and oxygen atoms in total. The van der Waals surface area contributed by atoms with Crippen LogP contribution < -0.4 is 0 Å². The van der Waals surface area contributed by atoms with Gasteiger partial charge in [-0.15, -0.1) is 0 Å². The highest BCUT2D eigenvalue weighted by molar-refractivity contribution is 9.10. The second-order valence-electron chi connectivity index (χ2n) is 6.19. The maximum Gasteiger partial charge on any atom is 0.142 e. The van der Waals surface area contributed by atoms with Crippen molar-refractivity contribution in [2.45, 2.75) is 32.4 Å². The third kappa shape index (κ3) is 4.76. The molecule has 1 aromatic carbocycles. The van der Waals surface area contributed by atoms with E-state index in [1.54, 1.807) is 18.3 Å². The van der Waals surface area contributed by atoms with Crippen LogP contribution in [-0.2, 0) is 11.5 Å². The lowest BCUT2D eigenvalue weighted by Gasteiger charge is -2.16. The molecule has 114 valence electrons. The van der Waals surface area contributed by atoms with Gasteiger partial charge in [0.15, 0.2) is 0 Å². The minimum absolute atomic E-state index is 0.248. The Kier molecular flexibility index (Phi) is 5.35. The van der Waals surface area contributed by atoms with Gasteiger partial charge < -0.3 is 4.74 Å². The molecular formula is C15H20BrFN2OSi. The van der Waals surface area contributed by atoms with Crippen LogP contribution in [0.5, 0.6) is 0 Å². The Hall–Kier alpha value is -0.983. The molecule has 1 heterocycles. The summed E-state index contributed by atoms with van der Waals surface area (Å²) in [5, 5.41) is 0. The van der Waals surface area contributed by atoms with Crippen molar-refractivity contribution in [1.29, 1.82) is 0 Å². The number of rotatable bonds is 6. The summed E-state index contributed by atoms with van der Waals surface area (Å²) < 4.78 is 21.6. The fraction of sp³-hybridized carbons (Fsp3) is 0.400. The molecule has 0 aliphatic carbocycles. The molecule has 0 amide bonds. The molecule has 0 unspecified atom stereocenters. The predicted octanol–water partition coefficient (Wildman–Crippen LogP) is 4.76. The third-order valence-electron chi connectivity index (χ3n) is 3.13. The standard InChI is InChI=1S/C15H20BrFN2OSi/c1-21(2,3)9-8-20-11-19-14(16)10-18-15(19)12-4-6-13(17)7-5-12/h4-7,10H,8-9,11H2,1-3H3. The summed E-state index contributed by atoms with van der Waals surface area (Å²) in [6, 6.07) is 7.46. The Balaban J connectivity index is 2.06. The molecule has 0 bridgehead atoms. The number of halogens is 2. The first-order valence-corrected chi connectivity index (χ1v) is 11.4. The van der Waals surface area contributed by atoms with Gasteiger partial charge in [0.1, 0.15) is 23.0 Å². The molecule has 0 atom stereocenters. The number of imidazole rings is 1. The summed E-state index contributed by atoms with van der Waals surface area (Å²) in [5.74, 6) is 0.525. The lowest BCUT2D eigenvalue weighted by atomic mass is 10.2. The maximum absolute atomic E-state index is 13.0. The average Bonchev–Trinajstić information content (AvgIpc) is 2.76.